The molecule has 0 fully saturated rings. The van der Waals surface area contributed by atoms with E-state index in [9.17, 15) is 0 Å². The lowest BCUT2D eigenvalue weighted by Gasteiger charge is -2.45. The third-order valence-corrected chi connectivity index (χ3v) is 12.1. The maximum absolute atomic E-state index is 2.56. The number of aryl methyl sites for hydroxylation is 1. The van der Waals surface area contributed by atoms with Crippen molar-refractivity contribution in [2.45, 2.75) is 26.2 Å². The summed E-state index contributed by atoms with van der Waals surface area (Å²) < 4.78 is 0. The Bertz CT molecular complexity index is 2790. The average molecular weight is 692 g/mol. The zero-order chi connectivity index (χ0) is 36.1. The first-order valence-electron chi connectivity index (χ1n) is 19.0. The maximum atomic E-state index is 2.56. The van der Waals surface area contributed by atoms with Crippen LogP contribution in [0.15, 0.2) is 176 Å². The second kappa shape index (κ2) is 11.5. The van der Waals surface area contributed by atoms with Crippen LogP contribution >= 0.6 is 0 Å². The largest absolute Gasteiger partial charge is 0.311 e. The van der Waals surface area contributed by atoms with Crippen molar-refractivity contribution >= 4 is 85.1 Å². The molecule has 3 aliphatic rings. The van der Waals surface area contributed by atoms with Gasteiger partial charge in [-0.3, -0.25) is 0 Å². The number of rotatable bonds is 2. The fourth-order valence-electron chi connectivity index (χ4n) is 9.31. The second-order valence-corrected chi connectivity index (χ2v) is 15.5. The van der Waals surface area contributed by atoms with Gasteiger partial charge in [0.05, 0.1) is 5.69 Å². The molecule has 0 aromatic heterocycles. The fraction of sp³-hybridized carbons (Fsp3) is 0.0800. The van der Waals surface area contributed by atoms with Gasteiger partial charge in [-0.15, -0.1) is 0 Å². The minimum absolute atomic E-state index is 0.0406. The van der Waals surface area contributed by atoms with Crippen LogP contribution in [0.25, 0.3) is 10.8 Å². The molecule has 0 saturated heterocycles. The Morgan fingerprint density at radius 2 is 1.02 bits per heavy atom. The first kappa shape index (κ1) is 31.1. The maximum Gasteiger partial charge on any atom is 0.252 e. The van der Waals surface area contributed by atoms with E-state index in [1.54, 1.807) is 0 Å². The van der Waals surface area contributed by atoms with E-state index in [-0.39, 0.29) is 12.1 Å². The zero-order valence-corrected chi connectivity index (χ0v) is 30.7. The predicted octanol–water partition coefficient (Wildman–Crippen LogP) is 11.3. The number of benzene rings is 8. The van der Waals surface area contributed by atoms with Crippen molar-refractivity contribution < 1.29 is 0 Å². The summed E-state index contributed by atoms with van der Waals surface area (Å²) in [5.41, 5.74) is 18.2. The summed E-state index contributed by atoms with van der Waals surface area (Å²) in [5, 5.41) is 2.49. The van der Waals surface area contributed by atoms with Crippen LogP contribution in [-0.2, 0) is 5.41 Å². The van der Waals surface area contributed by atoms with Crippen molar-refractivity contribution in [2.75, 3.05) is 14.7 Å². The highest BCUT2D eigenvalue weighted by atomic mass is 15.2. The van der Waals surface area contributed by atoms with Gasteiger partial charge in [0, 0.05) is 56.3 Å². The molecule has 0 radical (unpaired) electrons. The Balaban J connectivity index is 1.28. The van der Waals surface area contributed by atoms with Gasteiger partial charge in [0.15, 0.2) is 0 Å². The summed E-state index contributed by atoms with van der Waals surface area (Å²) in [4.78, 5) is 7.50. The zero-order valence-electron chi connectivity index (χ0n) is 30.7. The highest BCUT2D eigenvalue weighted by Gasteiger charge is 2.44. The number of fused-ring (bicyclic) bond motifs is 12. The highest BCUT2D eigenvalue weighted by Crippen LogP contribution is 2.49. The number of hydrogen-bond donors (Lipinski definition) is 0. The van der Waals surface area contributed by atoms with E-state index >= 15 is 0 Å². The summed E-state index contributed by atoms with van der Waals surface area (Å²) in [6, 6.07) is 65.8. The lowest BCUT2D eigenvalue weighted by molar-refractivity contribution is 0.641. The van der Waals surface area contributed by atoms with Crippen LogP contribution in [0.1, 0.15) is 30.5 Å². The third-order valence-electron chi connectivity index (χ3n) is 12.1. The van der Waals surface area contributed by atoms with Crippen LogP contribution in [0.2, 0.25) is 0 Å². The molecule has 256 valence electrons. The van der Waals surface area contributed by atoms with E-state index in [1.807, 2.05) is 0 Å². The van der Waals surface area contributed by atoms with Crippen LogP contribution in [0.4, 0.5) is 51.2 Å². The summed E-state index contributed by atoms with van der Waals surface area (Å²) in [6.07, 6.45) is 0. The molecular formula is C50H38BN3. The third kappa shape index (κ3) is 4.43. The predicted molar refractivity (Wildman–Crippen MR) is 230 cm³/mol. The highest BCUT2D eigenvalue weighted by molar-refractivity contribution is 7.00. The molecule has 0 spiro atoms. The number of anilines is 9. The van der Waals surface area contributed by atoms with Crippen molar-refractivity contribution in [3.8, 4) is 0 Å². The molecule has 0 aliphatic carbocycles. The van der Waals surface area contributed by atoms with Crippen LogP contribution < -0.4 is 31.1 Å². The van der Waals surface area contributed by atoms with Gasteiger partial charge in [0.1, 0.15) is 0 Å². The van der Waals surface area contributed by atoms with Crippen molar-refractivity contribution in [2.24, 2.45) is 0 Å². The van der Waals surface area contributed by atoms with Crippen molar-refractivity contribution in [3.63, 3.8) is 0 Å². The van der Waals surface area contributed by atoms with Gasteiger partial charge in [0.2, 0.25) is 0 Å². The molecule has 54 heavy (non-hydrogen) atoms. The summed E-state index contributed by atoms with van der Waals surface area (Å²) in [7, 11) is 0. The number of nitrogens with zero attached hydrogens (tertiary/aromatic N) is 3. The van der Waals surface area contributed by atoms with Gasteiger partial charge in [0.25, 0.3) is 6.71 Å². The molecule has 6 bridgehead atoms. The lowest BCUT2D eigenvalue weighted by atomic mass is 9.33. The molecule has 0 saturated carbocycles. The van der Waals surface area contributed by atoms with Gasteiger partial charge < -0.3 is 14.7 Å². The SMILES string of the molecule is Cc1ccc(N2c3ccccc3B3c4ccc5cc4N(c4cccc(c4)C(C)(C)c4cccc(c4)N5c4ccccc4)c4cc5ccccc5c2c43)cc1. The van der Waals surface area contributed by atoms with E-state index < -0.39 is 0 Å². The van der Waals surface area contributed by atoms with Gasteiger partial charge in [-0.05, 0) is 113 Å². The Morgan fingerprint density at radius 1 is 0.426 bits per heavy atom. The number of para-hydroxylation sites is 2. The standard InChI is InChI=1S/C50H38BN3/c1-33-23-25-38(26-24-33)54-45-22-10-9-21-43(45)51-44-28-27-41-32-46(44)53(47-29-34-13-7-8-20-42(34)49(54)48(47)51)40-19-12-15-36(31-40)50(2,3)35-14-11-18-39(30-35)52(41)37-16-5-4-6-17-37/h4-32H,1-3H3. The second-order valence-electron chi connectivity index (χ2n) is 15.5. The molecule has 8 aromatic carbocycles. The monoisotopic (exact) mass is 691 g/mol. The normalized spacial score (nSPS) is 14.6. The smallest absolute Gasteiger partial charge is 0.252 e. The average Bonchev–Trinajstić information content (AvgIpc) is 3.21. The minimum Gasteiger partial charge on any atom is -0.311 e. The Morgan fingerprint density at radius 3 is 1.80 bits per heavy atom. The molecule has 3 nitrogen and oxygen atoms in total. The van der Waals surface area contributed by atoms with E-state index in [1.165, 1.54) is 78.0 Å². The first-order chi connectivity index (χ1) is 26.5. The van der Waals surface area contributed by atoms with Crippen molar-refractivity contribution in [3.05, 3.63) is 193 Å². The molecular weight excluding hydrogens is 653 g/mol. The molecule has 8 aromatic rings. The lowest BCUT2D eigenvalue weighted by Crippen LogP contribution is -2.61. The summed E-state index contributed by atoms with van der Waals surface area (Å²) in [6.45, 7) is 6.92. The van der Waals surface area contributed by atoms with E-state index in [0.29, 0.717) is 0 Å². The summed E-state index contributed by atoms with van der Waals surface area (Å²) in [5.74, 6) is 0. The molecule has 4 heteroatoms. The Kier molecular flexibility index (Phi) is 6.61. The number of hydrogen-bond acceptors (Lipinski definition) is 3. The van der Waals surface area contributed by atoms with Crippen molar-refractivity contribution in [1.82, 2.24) is 0 Å². The molecule has 0 atom stereocenters. The minimum atomic E-state index is -0.244. The van der Waals surface area contributed by atoms with E-state index in [2.05, 4.69) is 211 Å². The molecule has 11 rings (SSSR count). The molecule has 0 N–H and O–H groups in total. The molecule has 0 unspecified atom stereocenters. The fourth-order valence-corrected chi connectivity index (χ4v) is 9.31. The first-order valence-corrected chi connectivity index (χ1v) is 19.0. The van der Waals surface area contributed by atoms with E-state index in [0.717, 1.165) is 17.1 Å². The summed E-state index contributed by atoms with van der Waals surface area (Å²) >= 11 is 0. The van der Waals surface area contributed by atoms with Crippen LogP contribution in [0.3, 0.4) is 0 Å². The van der Waals surface area contributed by atoms with Crippen molar-refractivity contribution in [1.29, 1.82) is 0 Å². The van der Waals surface area contributed by atoms with Gasteiger partial charge in [-0.25, -0.2) is 0 Å². The van der Waals surface area contributed by atoms with Gasteiger partial charge in [-0.2, -0.15) is 0 Å². The van der Waals surface area contributed by atoms with Crippen LogP contribution in [0.5, 0.6) is 0 Å². The van der Waals surface area contributed by atoms with Gasteiger partial charge >= 0.3 is 0 Å². The topological polar surface area (TPSA) is 9.72 Å². The van der Waals surface area contributed by atoms with E-state index in [4.69, 9.17) is 0 Å². The Labute approximate surface area is 317 Å². The Hall–Kier alpha value is -6.52. The van der Waals surface area contributed by atoms with Gasteiger partial charge in [-0.1, -0.05) is 123 Å². The van der Waals surface area contributed by atoms with Crippen LogP contribution in [0, 0.1) is 6.92 Å². The molecule has 3 aliphatic heterocycles. The quantitative estimate of drug-likeness (QED) is 0.167. The van der Waals surface area contributed by atoms with Crippen LogP contribution in [-0.4, -0.2) is 6.71 Å². The molecule has 0 amide bonds. The molecule has 3 heterocycles.